The molecule has 0 bridgehead atoms. The first kappa shape index (κ1) is 28.0. The molecule has 9 rings (SSSR count). The first-order valence-corrected chi connectivity index (χ1v) is 16.6. The Morgan fingerprint density at radius 3 is 1.29 bits per heavy atom. The number of hydrogen-bond acceptors (Lipinski definition) is 0. The number of fused-ring (bicyclic) bond motifs is 3. The van der Waals surface area contributed by atoms with Gasteiger partial charge in [0.1, 0.15) is 0 Å². The van der Waals surface area contributed by atoms with E-state index >= 15 is 0 Å². The van der Waals surface area contributed by atoms with Crippen LogP contribution in [-0.4, -0.2) is 0 Å². The Labute approximate surface area is 281 Å². The molecule has 0 atom stereocenters. The molecule has 0 saturated heterocycles. The molecule has 0 aromatic heterocycles. The van der Waals surface area contributed by atoms with Gasteiger partial charge in [-0.3, -0.25) is 0 Å². The molecule has 0 heterocycles. The molecule has 0 fully saturated rings. The van der Waals surface area contributed by atoms with Crippen LogP contribution in [0.5, 0.6) is 0 Å². The van der Waals surface area contributed by atoms with Crippen LogP contribution in [0.25, 0.3) is 88.0 Å². The Morgan fingerprint density at radius 2 is 0.667 bits per heavy atom. The van der Waals surface area contributed by atoms with E-state index in [4.69, 9.17) is 0 Å². The van der Waals surface area contributed by atoms with Crippen LogP contribution in [-0.2, 0) is 0 Å². The third-order valence-electron chi connectivity index (χ3n) is 9.63. The van der Waals surface area contributed by atoms with Crippen molar-refractivity contribution in [2.45, 2.75) is 0 Å². The molecule has 0 amide bonds. The van der Waals surface area contributed by atoms with Crippen molar-refractivity contribution in [3.05, 3.63) is 194 Å². The van der Waals surface area contributed by atoms with Gasteiger partial charge in [0, 0.05) is 0 Å². The van der Waals surface area contributed by atoms with Crippen LogP contribution in [0, 0.1) is 0 Å². The van der Waals surface area contributed by atoms with Crippen molar-refractivity contribution in [1.29, 1.82) is 0 Å². The predicted molar refractivity (Wildman–Crippen MR) is 206 cm³/mol. The van der Waals surface area contributed by atoms with Gasteiger partial charge in [-0.1, -0.05) is 170 Å². The fourth-order valence-corrected chi connectivity index (χ4v) is 7.40. The van der Waals surface area contributed by atoms with E-state index < -0.39 is 0 Å². The smallest absolute Gasteiger partial charge is 0.00201 e. The van der Waals surface area contributed by atoms with Crippen molar-refractivity contribution < 1.29 is 0 Å². The molecule has 0 aliphatic heterocycles. The molecule has 224 valence electrons. The Morgan fingerprint density at radius 1 is 0.208 bits per heavy atom. The van der Waals surface area contributed by atoms with Crippen molar-refractivity contribution >= 4 is 32.3 Å². The van der Waals surface area contributed by atoms with Gasteiger partial charge in [0.05, 0.1) is 0 Å². The minimum Gasteiger partial charge on any atom is -0.0622 e. The van der Waals surface area contributed by atoms with E-state index in [1.807, 2.05) is 0 Å². The van der Waals surface area contributed by atoms with E-state index in [0.717, 1.165) is 0 Å². The average Bonchev–Trinajstić information content (AvgIpc) is 3.17. The van der Waals surface area contributed by atoms with E-state index in [0.29, 0.717) is 0 Å². The molecule has 0 nitrogen and oxygen atoms in total. The van der Waals surface area contributed by atoms with E-state index in [1.165, 1.54) is 88.0 Å². The molecule has 0 heteroatoms. The maximum atomic E-state index is 2.42. The summed E-state index contributed by atoms with van der Waals surface area (Å²) in [7, 11) is 0. The second-order valence-electron chi connectivity index (χ2n) is 12.5. The molecule has 0 spiro atoms. The van der Waals surface area contributed by atoms with Crippen molar-refractivity contribution in [2.75, 3.05) is 0 Å². The van der Waals surface area contributed by atoms with Gasteiger partial charge in [-0.2, -0.15) is 0 Å². The number of rotatable bonds is 5. The second-order valence-corrected chi connectivity index (χ2v) is 12.5. The Balaban J connectivity index is 1.43. The molecule has 0 N–H and O–H groups in total. The molecule has 0 saturated carbocycles. The summed E-state index contributed by atoms with van der Waals surface area (Å²) in [5, 5.41) is 7.54. The second kappa shape index (κ2) is 11.8. The van der Waals surface area contributed by atoms with Gasteiger partial charge in [0.15, 0.2) is 0 Å². The Bertz CT molecular complexity index is 2520. The zero-order chi connectivity index (χ0) is 31.9. The lowest BCUT2D eigenvalue weighted by atomic mass is 9.82. The molecular formula is C48H32. The van der Waals surface area contributed by atoms with Crippen molar-refractivity contribution in [1.82, 2.24) is 0 Å². The van der Waals surface area contributed by atoms with Gasteiger partial charge in [-0.25, -0.2) is 0 Å². The fourth-order valence-electron chi connectivity index (χ4n) is 7.40. The Kier molecular flexibility index (Phi) is 6.91. The van der Waals surface area contributed by atoms with Gasteiger partial charge in [0.25, 0.3) is 0 Å². The third kappa shape index (κ3) is 4.87. The highest BCUT2D eigenvalue weighted by molar-refractivity contribution is 6.24. The van der Waals surface area contributed by atoms with Gasteiger partial charge >= 0.3 is 0 Å². The summed E-state index contributed by atoms with van der Waals surface area (Å²) in [6.45, 7) is 0. The van der Waals surface area contributed by atoms with Crippen molar-refractivity contribution in [3.8, 4) is 55.6 Å². The van der Waals surface area contributed by atoms with Crippen LogP contribution in [0.1, 0.15) is 0 Å². The van der Waals surface area contributed by atoms with E-state index in [2.05, 4.69) is 194 Å². The summed E-state index contributed by atoms with van der Waals surface area (Å²) < 4.78 is 0. The first-order valence-electron chi connectivity index (χ1n) is 16.6. The molecule has 0 radical (unpaired) electrons. The van der Waals surface area contributed by atoms with E-state index in [-0.39, 0.29) is 0 Å². The maximum Gasteiger partial charge on any atom is -0.00201 e. The van der Waals surface area contributed by atoms with Crippen LogP contribution in [0.15, 0.2) is 194 Å². The van der Waals surface area contributed by atoms with Crippen LogP contribution in [0.3, 0.4) is 0 Å². The van der Waals surface area contributed by atoms with Crippen molar-refractivity contribution in [2.24, 2.45) is 0 Å². The van der Waals surface area contributed by atoms with Gasteiger partial charge in [-0.15, -0.1) is 0 Å². The highest BCUT2D eigenvalue weighted by atomic mass is 14.2. The van der Waals surface area contributed by atoms with Crippen molar-refractivity contribution in [3.63, 3.8) is 0 Å². The summed E-state index contributed by atoms with van der Waals surface area (Å²) in [4.78, 5) is 0. The lowest BCUT2D eigenvalue weighted by molar-refractivity contribution is 1.58. The first-order chi connectivity index (χ1) is 23.8. The minimum atomic E-state index is 1.21. The molecule has 48 heavy (non-hydrogen) atoms. The monoisotopic (exact) mass is 608 g/mol. The number of benzene rings is 9. The molecule has 0 aliphatic rings. The average molecular weight is 609 g/mol. The van der Waals surface area contributed by atoms with Gasteiger partial charge in [-0.05, 0) is 112 Å². The predicted octanol–water partition coefficient (Wildman–Crippen LogP) is 13.5. The highest BCUT2D eigenvalue weighted by Crippen LogP contribution is 2.47. The van der Waals surface area contributed by atoms with Crippen LogP contribution in [0.2, 0.25) is 0 Å². The SMILES string of the molecule is c1ccc(-c2cc(-c3ccccc3)cc(-c3c4ccccc4c(-c4cccc5ccccc45)c4ccc(-c5ccccc5)cc34)c2)cc1. The van der Waals surface area contributed by atoms with Crippen LogP contribution < -0.4 is 0 Å². The summed E-state index contributed by atoms with van der Waals surface area (Å²) >= 11 is 0. The lowest BCUT2D eigenvalue weighted by Gasteiger charge is -2.20. The lowest BCUT2D eigenvalue weighted by Crippen LogP contribution is -1.93. The molecule has 9 aromatic carbocycles. The number of hydrogen-bond donors (Lipinski definition) is 0. The summed E-state index contributed by atoms with van der Waals surface area (Å²) in [6.07, 6.45) is 0. The van der Waals surface area contributed by atoms with Crippen LogP contribution in [0.4, 0.5) is 0 Å². The van der Waals surface area contributed by atoms with Gasteiger partial charge in [0.2, 0.25) is 0 Å². The molecule has 0 unspecified atom stereocenters. The minimum absolute atomic E-state index is 1.21. The quantitative estimate of drug-likeness (QED) is 0.171. The fraction of sp³-hybridized carbons (Fsp3) is 0. The topological polar surface area (TPSA) is 0 Å². The van der Waals surface area contributed by atoms with E-state index in [1.54, 1.807) is 0 Å². The maximum absolute atomic E-state index is 2.42. The highest BCUT2D eigenvalue weighted by Gasteiger charge is 2.20. The van der Waals surface area contributed by atoms with Crippen LogP contribution >= 0.6 is 0 Å². The standard InChI is InChI=1S/C48H32/c1-4-15-33(16-5-1)37-27-28-45-46(32-37)47(40-30-38(34-17-6-2-7-18-34)29-39(31-40)35-19-8-3-9-20-35)43-24-12-13-25-44(43)48(45)42-26-14-22-36-21-10-11-23-41(36)42/h1-32H. The molecule has 0 aliphatic carbocycles. The summed E-state index contributed by atoms with van der Waals surface area (Å²) in [5.74, 6) is 0. The zero-order valence-electron chi connectivity index (χ0n) is 26.5. The van der Waals surface area contributed by atoms with E-state index in [9.17, 15) is 0 Å². The molecule has 9 aromatic rings. The normalized spacial score (nSPS) is 11.3. The third-order valence-corrected chi connectivity index (χ3v) is 9.63. The summed E-state index contributed by atoms with van der Waals surface area (Å²) in [5.41, 5.74) is 12.3. The Hall–Kier alpha value is -6.24. The molecular weight excluding hydrogens is 577 g/mol. The summed E-state index contributed by atoms with van der Waals surface area (Å²) in [6, 6.07) is 70.8. The van der Waals surface area contributed by atoms with Gasteiger partial charge < -0.3 is 0 Å². The largest absolute Gasteiger partial charge is 0.0622 e. The zero-order valence-corrected chi connectivity index (χ0v) is 26.5.